The van der Waals surface area contributed by atoms with Crippen molar-refractivity contribution in [3.63, 3.8) is 0 Å². The predicted octanol–water partition coefficient (Wildman–Crippen LogP) is 4.00. The fourth-order valence-electron chi connectivity index (χ4n) is 1.83. The fraction of sp³-hybridized carbons (Fsp3) is 0.176. The summed E-state index contributed by atoms with van der Waals surface area (Å²) in [5.74, 6) is 0.438. The molecule has 108 valence electrons. The number of aliphatic imine (C=N–C) groups is 1. The molecule has 21 heavy (non-hydrogen) atoms. The molecule has 0 atom stereocenters. The Bertz CT molecular complexity index is 685. The number of aryl methyl sites for hydroxylation is 2. The Morgan fingerprint density at radius 2 is 2.05 bits per heavy atom. The number of benzene rings is 1. The van der Waals surface area contributed by atoms with Gasteiger partial charge in [-0.15, -0.1) is 11.3 Å². The third-order valence-corrected chi connectivity index (χ3v) is 3.95. The Labute approximate surface area is 128 Å². The second-order valence-electron chi connectivity index (χ2n) is 4.62. The van der Waals surface area contributed by atoms with Gasteiger partial charge in [-0.25, -0.2) is 4.99 Å². The van der Waals surface area contributed by atoms with E-state index in [1.165, 1.54) is 5.56 Å². The highest BCUT2D eigenvalue weighted by molar-refractivity contribution is 7.10. The van der Waals surface area contributed by atoms with Crippen LogP contribution < -0.4 is 0 Å². The van der Waals surface area contributed by atoms with Crippen molar-refractivity contribution in [3.8, 4) is 0 Å². The fourth-order valence-corrected chi connectivity index (χ4v) is 2.49. The lowest BCUT2D eigenvalue weighted by Gasteiger charge is -2.07. The maximum atomic E-state index is 11.2. The van der Waals surface area contributed by atoms with E-state index in [4.69, 9.17) is 4.74 Å². The SMILES string of the molecule is CO/C(=N\C(C=O)=C/c1cccs1)c1ccc(C)c(C)c1. The molecule has 2 aromatic rings. The molecule has 0 unspecified atom stereocenters. The molecule has 0 fully saturated rings. The van der Waals surface area contributed by atoms with Crippen molar-refractivity contribution < 1.29 is 9.53 Å². The zero-order valence-corrected chi connectivity index (χ0v) is 13.1. The van der Waals surface area contributed by atoms with Gasteiger partial charge >= 0.3 is 0 Å². The molecule has 0 aliphatic rings. The number of hydrogen-bond donors (Lipinski definition) is 0. The van der Waals surface area contributed by atoms with E-state index in [-0.39, 0.29) is 0 Å². The maximum Gasteiger partial charge on any atom is 0.221 e. The average Bonchev–Trinajstić information content (AvgIpc) is 2.99. The Hall–Kier alpha value is -2.20. The number of carbonyl (C=O) groups excluding carboxylic acids is 1. The van der Waals surface area contributed by atoms with Crippen molar-refractivity contribution in [1.82, 2.24) is 0 Å². The van der Waals surface area contributed by atoms with Crippen LogP contribution in [0.3, 0.4) is 0 Å². The largest absolute Gasteiger partial charge is 0.481 e. The summed E-state index contributed by atoms with van der Waals surface area (Å²) in [7, 11) is 1.56. The lowest BCUT2D eigenvalue weighted by molar-refractivity contribution is -0.104. The van der Waals surface area contributed by atoms with Crippen LogP contribution in [0, 0.1) is 13.8 Å². The lowest BCUT2D eigenvalue weighted by Crippen LogP contribution is -2.05. The summed E-state index contributed by atoms with van der Waals surface area (Å²) in [5, 5.41) is 1.96. The summed E-state index contributed by atoms with van der Waals surface area (Å²) in [6.45, 7) is 4.09. The molecule has 4 heteroatoms. The third kappa shape index (κ3) is 3.89. The number of allylic oxidation sites excluding steroid dienone is 1. The van der Waals surface area contributed by atoms with Gasteiger partial charge in [-0.1, -0.05) is 12.1 Å². The molecule has 2 rings (SSSR count). The maximum absolute atomic E-state index is 11.2. The van der Waals surface area contributed by atoms with Gasteiger partial charge in [0.2, 0.25) is 5.90 Å². The Kier molecular flexibility index (Phi) is 5.06. The van der Waals surface area contributed by atoms with Gasteiger partial charge in [0.25, 0.3) is 0 Å². The van der Waals surface area contributed by atoms with Crippen molar-refractivity contribution in [3.05, 3.63) is 63.0 Å². The molecule has 0 saturated heterocycles. The topological polar surface area (TPSA) is 38.7 Å². The number of carbonyl (C=O) groups is 1. The smallest absolute Gasteiger partial charge is 0.221 e. The first-order valence-corrected chi connectivity index (χ1v) is 7.42. The van der Waals surface area contributed by atoms with Crippen LogP contribution in [-0.4, -0.2) is 19.3 Å². The van der Waals surface area contributed by atoms with Gasteiger partial charge in [0, 0.05) is 10.4 Å². The van der Waals surface area contributed by atoms with Crippen LogP contribution in [0.15, 0.2) is 46.4 Å². The molecule has 0 radical (unpaired) electrons. The molecule has 1 aromatic carbocycles. The van der Waals surface area contributed by atoms with Gasteiger partial charge in [0.15, 0.2) is 6.29 Å². The first kappa shape index (κ1) is 15.2. The van der Waals surface area contributed by atoms with E-state index < -0.39 is 0 Å². The van der Waals surface area contributed by atoms with E-state index in [2.05, 4.69) is 11.9 Å². The number of ether oxygens (including phenoxy) is 1. The zero-order valence-electron chi connectivity index (χ0n) is 12.3. The van der Waals surface area contributed by atoms with Gasteiger partial charge in [-0.2, -0.15) is 0 Å². The van der Waals surface area contributed by atoms with Crippen LogP contribution in [0.4, 0.5) is 0 Å². The van der Waals surface area contributed by atoms with Gasteiger partial charge < -0.3 is 4.74 Å². The molecular weight excluding hydrogens is 282 g/mol. The molecule has 0 aliphatic heterocycles. The second-order valence-corrected chi connectivity index (χ2v) is 5.60. The van der Waals surface area contributed by atoms with E-state index in [0.29, 0.717) is 11.6 Å². The summed E-state index contributed by atoms with van der Waals surface area (Å²) >= 11 is 1.56. The van der Waals surface area contributed by atoms with Gasteiger partial charge in [0.1, 0.15) is 5.70 Å². The number of rotatable bonds is 4. The first-order chi connectivity index (χ1) is 10.1. The molecular formula is C17H17NO2S. The average molecular weight is 299 g/mol. The Balaban J connectivity index is 2.38. The number of aldehydes is 1. The zero-order chi connectivity index (χ0) is 15.2. The van der Waals surface area contributed by atoms with Crippen LogP contribution in [-0.2, 0) is 9.53 Å². The summed E-state index contributed by atoms with van der Waals surface area (Å²) in [6.07, 6.45) is 2.48. The summed E-state index contributed by atoms with van der Waals surface area (Å²) in [6, 6.07) is 9.83. The minimum absolute atomic E-state index is 0.340. The van der Waals surface area contributed by atoms with Crippen molar-refractivity contribution in [2.75, 3.05) is 7.11 Å². The van der Waals surface area contributed by atoms with E-state index in [0.717, 1.165) is 22.3 Å². The van der Waals surface area contributed by atoms with Gasteiger partial charge in [-0.05, 0) is 54.6 Å². The normalized spacial score (nSPS) is 12.3. The number of methoxy groups -OCH3 is 1. The summed E-state index contributed by atoms with van der Waals surface area (Å²) in [5.41, 5.74) is 3.57. The minimum Gasteiger partial charge on any atom is -0.481 e. The standard InChI is InChI=1S/C17H17NO2S/c1-12-6-7-14(9-13(12)2)17(20-3)18-15(11-19)10-16-5-4-8-21-16/h4-11H,1-3H3/b15-10-,18-17-. The molecule has 0 spiro atoms. The Morgan fingerprint density at radius 3 is 2.62 bits per heavy atom. The van der Waals surface area contributed by atoms with Gasteiger partial charge in [0.05, 0.1) is 7.11 Å². The molecule has 0 saturated carbocycles. The van der Waals surface area contributed by atoms with Crippen LogP contribution in [0.5, 0.6) is 0 Å². The monoisotopic (exact) mass is 299 g/mol. The molecule has 0 N–H and O–H groups in total. The molecule has 3 nitrogen and oxygen atoms in total. The number of hydrogen-bond acceptors (Lipinski definition) is 4. The number of thiophene rings is 1. The predicted molar refractivity (Wildman–Crippen MR) is 87.8 cm³/mol. The van der Waals surface area contributed by atoms with E-state index in [1.54, 1.807) is 24.5 Å². The Morgan fingerprint density at radius 1 is 1.24 bits per heavy atom. The van der Waals surface area contributed by atoms with E-state index >= 15 is 0 Å². The highest BCUT2D eigenvalue weighted by Gasteiger charge is 2.06. The number of nitrogens with zero attached hydrogens (tertiary/aromatic N) is 1. The van der Waals surface area contributed by atoms with Crippen molar-refractivity contribution in [1.29, 1.82) is 0 Å². The van der Waals surface area contributed by atoms with Crippen molar-refractivity contribution in [2.24, 2.45) is 4.99 Å². The van der Waals surface area contributed by atoms with E-state index in [1.807, 2.05) is 42.6 Å². The summed E-state index contributed by atoms with van der Waals surface area (Å²) < 4.78 is 5.34. The highest BCUT2D eigenvalue weighted by Crippen LogP contribution is 2.15. The highest BCUT2D eigenvalue weighted by atomic mass is 32.1. The van der Waals surface area contributed by atoms with Gasteiger partial charge in [-0.3, -0.25) is 4.79 Å². The van der Waals surface area contributed by atoms with Crippen LogP contribution in [0.1, 0.15) is 21.6 Å². The first-order valence-electron chi connectivity index (χ1n) is 6.54. The van der Waals surface area contributed by atoms with Crippen LogP contribution >= 0.6 is 11.3 Å². The van der Waals surface area contributed by atoms with Crippen LogP contribution in [0.25, 0.3) is 6.08 Å². The molecule has 1 aromatic heterocycles. The van der Waals surface area contributed by atoms with Crippen molar-refractivity contribution in [2.45, 2.75) is 13.8 Å². The lowest BCUT2D eigenvalue weighted by atomic mass is 10.1. The third-order valence-electron chi connectivity index (χ3n) is 3.13. The molecule has 0 aliphatic carbocycles. The van der Waals surface area contributed by atoms with E-state index in [9.17, 15) is 4.79 Å². The van der Waals surface area contributed by atoms with Crippen LogP contribution in [0.2, 0.25) is 0 Å². The molecule has 0 bridgehead atoms. The quantitative estimate of drug-likeness (QED) is 0.370. The minimum atomic E-state index is 0.340. The molecule has 0 amide bonds. The summed E-state index contributed by atoms with van der Waals surface area (Å²) in [4.78, 5) is 16.5. The molecule has 1 heterocycles. The van der Waals surface area contributed by atoms with Crippen molar-refractivity contribution >= 4 is 29.6 Å². The second kappa shape index (κ2) is 6.99.